The fourth-order valence-corrected chi connectivity index (χ4v) is 3.96. The molecule has 0 unspecified atom stereocenters. The third-order valence-corrected chi connectivity index (χ3v) is 6.13. The van der Waals surface area contributed by atoms with Crippen LogP contribution in [0.4, 0.5) is 4.39 Å². The zero-order valence-electron chi connectivity index (χ0n) is 17.3. The van der Waals surface area contributed by atoms with Crippen molar-refractivity contribution < 1.29 is 13.9 Å². The summed E-state index contributed by atoms with van der Waals surface area (Å²) in [6.07, 6.45) is 3.38. The van der Waals surface area contributed by atoms with Gasteiger partial charge in [0, 0.05) is 28.0 Å². The highest BCUT2D eigenvalue weighted by atomic mass is 79.9. The van der Waals surface area contributed by atoms with Crippen LogP contribution in [0.25, 0.3) is 11.4 Å². The second kappa shape index (κ2) is 10.3. The third kappa shape index (κ3) is 5.35. The molecule has 0 spiro atoms. The normalized spacial score (nSPS) is 10.8. The van der Waals surface area contributed by atoms with E-state index in [4.69, 9.17) is 33.3 Å². The molecule has 2 N–H and O–H groups in total. The molecule has 7 nitrogen and oxygen atoms in total. The molecule has 4 aromatic rings. The third-order valence-electron chi connectivity index (χ3n) is 4.77. The molecule has 0 fully saturated rings. The molecule has 2 aromatic carbocycles. The minimum absolute atomic E-state index is 0.166. The number of benzene rings is 2. The van der Waals surface area contributed by atoms with E-state index in [1.165, 1.54) is 12.1 Å². The average Bonchev–Trinajstić information content (AvgIpc) is 3.18. The highest BCUT2D eigenvalue weighted by Gasteiger charge is 2.14. The fourth-order valence-electron chi connectivity index (χ4n) is 3.08. The number of nitrogens with zero attached hydrogens (tertiary/aromatic N) is 3. The molecule has 0 saturated heterocycles. The number of hydrogen-bond acceptors (Lipinski definition) is 6. The van der Waals surface area contributed by atoms with E-state index in [2.05, 4.69) is 36.5 Å². The van der Waals surface area contributed by atoms with Gasteiger partial charge in [0.2, 0.25) is 4.77 Å². The van der Waals surface area contributed by atoms with Gasteiger partial charge < -0.3 is 14.9 Å². The molecule has 0 atom stereocenters. The average molecular weight is 551 g/mol. The molecule has 4 rings (SSSR count). The first-order valence-electron chi connectivity index (χ1n) is 9.71. The van der Waals surface area contributed by atoms with Gasteiger partial charge in [-0.05, 0) is 54.2 Å². The van der Waals surface area contributed by atoms with Crippen molar-refractivity contribution in [2.45, 2.75) is 13.2 Å². The van der Waals surface area contributed by atoms with Crippen molar-refractivity contribution in [1.82, 2.24) is 19.9 Å². The Morgan fingerprint density at radius 3 is 2.67 bits per heavy atom. The minimum atomic E-state index is -0.397. The molecule has 33 heavy (non-hydrogen) atoms. The predicted molar refractivity (Wildman–Crippen MR) is 130 cm³/mol. The summed E-state index contributed by atoms with van der Waals surface area (Å²) in [5.74, 6) is 1.30. The molecule has 0 bridgehead atoms. The highest BCUT2D eigenvalue weighted by molar-refractivity contribution is 9.10. The number of nitrogens with one attached hydrogen (secondary N) is 2. The molecule has 2 heterocycles. The van der Waals surface area contributed by atoms with Gasteiger partial charge in [0.15, 0.2) is 17.3 Å². The van der Waals surface area contributed by atoms with E-state index in [0.29, 0.717) is 39.2 Å². The van der Waals surface area contributed by atoms with E-state index in [9.17, 15) is 4.39 Å². The number of rotatable bonds is 8. The quantitative estimate of drug-likeness (QED) is 0.267. The number of pyridine rings is 1. The van der Waals surface area contributed by atoms with Gasteiger partial charge >= 0.3 is 0 Å². The number of ether oxygens (including phenoxy) is 2. The van der Waals surface area contributed by atoms with Crippen LogP contribution in [-0.4, -0.2) is 27.0 Å². The maximum Gasteiger partial charge on any atom is 0.214 e. The van der Waals surface area contributed by atoms with Crippen molar-refractivity contribution in [3.05, 3.63) is 86.1 Å². The lowest BCUT2D eigenvalue weighted by Gasteiger charge is -2.16. The van der Waals surface area contributed by atoms with Gasteiger partial charge in [0.25, 0.3) is 0 Å². The van der Waals surface area contributed by atoms with Crippen molar-refractivity contribution in [2.75, 3.05) is 12.5 Å². The molecular formula is C22H18BrClFN5O2S. The topological polar surface area (TPSA) is 77.0 Å². The maximum absolute atomic E-state index is 13.3. The second-order valence-corrected chi connectivity index (χ2v) is 8.53. The number of H-pyrrole nitrogens is 1. The van der Waals surface area contributed by atoms with Crippen LogP contribution in [-0.2, 0) is 13.2 Å². The Labute approximate surface area is 207 Å². The van der Waals surface area contributed by atoms with Gasteiger partial charge in [-0.25, -0.2) is 14.2 Å². The first-order chi connectivity index (χ1) is 16.0. The first kappa shape index (κ1) is 23.2. The van der Waals surface area contributed by atoms with E-state index in [1.807, 2.05) is 24.3 Å². The molecular weight excluding hydrogens is 533 g/mol. The molecule has 0 aliphatic rings. The molecule has 0 saturated carbocycles. The van der Waals surface area contributed by atoms with Crippen LogP contribution in [0.3, 0.4) is 0 Å². The Kier molecular flexibility index (Phi) is 7.26. The summed E-state index contributed by atoms with van der Waals surface area (Å²) in [6.45, 7) is 0.589. The van der Waals surface area contributed by atoms with E-state index in [-0.39, 0.29) is 6.61 Å². The lowest BCUT2D eigenvalue weighted by molar-refractivity contribution is 0.284. The lowest BCUT2D eigenvalue weighted by atomic mass is 10.2. The fraction of sp³-hybridized carbons (Fsp3) is 0.136. The Bertz CT molecular complexity index is 1330. The predicted octanol–water partition coefficient (Wildman–Crippen LogP) is 5.89. The standard InChI is InChI=1S/C22H18BrClFN5O2S/c1-31-19-8-15(11-27-30-21(28-29-22(30)33)13-4-6-26-7-5-13)17(23)10-20(19)32-12-14-2-3-16(25)9-18(14)24/h2-10,27H,11-12H2,1H3,(H,29,33). The van der Waals surface area contributed by atoms with Crippen LogP contribution in [0.15, 0.2) is 59.3 Å². The maximum atomic E-state index is 13.3. The Morgan fingerprint density at radius 1 is 1.15 bits per heavy atom. The number of aromatic amines is 1. The van der Waals surface area contributed by atoms with Crippen molar-refractivity contribution in [3.63, 3.8) is 0 Å². The van der Waals surface area contributed by atoms with Crippen LogP contribution in [0, 0.1) is 10.6 Å². The molecule has 0 aliphatic heterocycles. The number of hydrogen-bond donors (Lipinski definition) is 2. The Morgan fingerprint density at radius 2 is 1.94 bits per heavy atom. The zero-order valence-corrected chi connectivity index (χ0v) is 20.5. The highest BCUT2D eigenvalue weighted by Crippen LogP contribution is 2.34. The van der Waals surface area contributed by atoms with Crippen LogP contribution < -0.4 is 14.9 Å². The van der Waals surface area contributed by atoms with Gasteiger partial charge in [-0.2, -0.15) is 5.10 Å². The smallest absolute Gasteiger partial charge is 0.214 e. The first-order valence-corrected chi connectivity index (χ1v) is 11.3. The van der Waals surface area contributed by atoms with Gasteiger partial charge in [0.1, 0.15) is 12.4 Å². The SMILES string of the molecule is COc1cc(CNn2c(-c3ccncc3)n[nH]c2=S)c(Br)cc1OCc1ccc(F)cc1Cl. The summed E-state index contributed by atoms with van der Waals surface area (Å²) in [4.78, 5) is 4.03. The van der Waals surface area contributed by atoms with E-state index < -0.39 is 5.82 Å². The van der Waals surface area contributed by atoms with E-state index >= 15 is 0 Å². The Balaban J connectivity index is 1.52. The molecule has 0 aliphatic carbocycles. The Hall–Kier alpha value is -2.95. The van der Waals surface area contributed by atoms with Gasteiger partial charge in [-0.3, -0.25) is 4.98 Å². The summed E-state index contributed by atoms with van der Waals surface area (Å²) in [5, 5.41) is 7.40. The molecule has 0 amide bonds. The van der Waals surface area contributed by atoms with Crippen molar-refractivity contribution in [1.29, 1.82) is 0 Å². The molecule has 11 heteroatoms. The van der Waals surface area contributed by atoms with Crippen LogP contribution in [0.5, 0.6) is 11.5 Å². The number of halogens is 3. The largest absolute Gasteiger partial charge is 0.493 e. The van der Waals surface area contributed by atoms with Crippen LogP contribution in [0.2, 0.25) is 5.02 Å². The van der Waals surface area contributed by atoms with Gasteiger partial charge in [0.05, 0.1) is 18.7 Å². The summed E-state index contributed by atoms with van der Waals surface area (Å²) < 4.78 is 27.6. The van der Waals surface area contributed by atoms with E-state index in [0.717, 1.165) is 15.6 Å². The summed E-state index contributed by atoms with van der Waals surface area (Å²) in [6, 6.07) is 11.5. The molecule has 170 valence electrons. The summed E-state index contributed by atoms with van der Waals surface area (Å²) in [5.41, 5.74) is 5.71. The van der Waals surface area contributed by atoms with Crippen LogP contribution in [0.1, 0.15) is 11.1 Å². The van der Waals surface area contributed by atoms with Crippen molar-refractivity contribution in [2.24, 2.45) is 0 Å². The summed E-state index contributed by atoms with van der Waals surface area (Å²) in [7, 11) is 1.56. The second-order valence-electron chi connectivity index (χ2n) is 6.88. The summed E-state index contributed by atoms with van der Waals surface area (Å²) >= 11 is 15.0. The monoisotopic (exact) mass is 549 g/mol. The minimum Gasteiger partial charge on any atom is -0.493 e. The van der Waals surface area contributed by atoms with Gasteiger partial charge in [-0.15, -0.1) is 0 Å². The zero-order chi connectivity index (χ0) is 23.4. The molecule has 0 radical (unpaired) electrons. The number of aromatic nitrogens is 4. The van der Waals surface area contributed by atoms with Crippen LogP contribution >= 0.6 is 39.7 Å². The van der Waals surface area contributed by atoms with Crippen molar-refractivity contribution in [3.8, 4) is 22.9 Å². The lowest BCUT2D eigenvalue weighted by Crippen LogP contribution is -2.16. The molecule has 2 aromatic heterocycles. The van der Waals surface area contributed by atoms with E-state index in [1.54, 1.807) is 30.2 Å². The number of methoxy groups -OCH3 is 1. The van der Waals surface area contributed by atoms with Crippen molar-refractivity contribution >= 4 is 39.7 Å². The van der Waals surface area contributed by atoms with Gasteiger partial charge in [-0.1, -0.05) is 33.6 Å².